The zero-order valence-electron chi connectivity index (χ0n) is 20.2. The van der Waals surface area contributed by atoms with Gasteiger partial charge in [-0.25, -0.2) is 9.78 Å². The fourth-order valence-electron chi connectivity index (χ4n) is 3.93. The fraction of sp³-hybridized carbons (Fsp3) is 0.143. The van der Waals surface area contributed by atoms with E-state index in [9.17, 15) is 9.59 Å². The maximum atomic E-state index is 12.6. The van der Waals surface area contributed by atoms with Crippen LogP contribution >= 0.6 is 11.3 Å². The summed E-state index contributed by atoms with van der Waals surface area (Å²) in [6.45, 7) is 1.35. The fourth-order valence-corrected chi connectivity index (χ4v) is 4.68. The minimum atomic E-state index is -0.789. The van der Waals surface area contributed by atoms with E-state index >= 15 is 0 Å². The molecule has 37 heavy (non-hydrogen) atoms. The number of amides is 1. The number of aromatic nitrogens is 1. The molecule has 0 spiro atoms. The topological polar surface area (TPSA) is 116 Å². The highest BCUT2D eigenvalue weighted by Crippen LogP contribution is 2.40. The first-order valence-corrected chi connectivity index (χ1v) is 12.5. The van der Waals surface area contributed by atoms with Gasteiger partial charge in [0.05, 0.1) is 6.61 Å². The lowest BCUT2D eigenvalue weighted by Gasteiger charge is -2.36. The van der Waals surface area contributed by atoms with Gasteiger partial charge in [-0.15, -0.1) is 11.3 Å². The van der Waals surface area contributed by atoms with Crippen LogP contribution in [-0.4, -0.2) is 35.8 Å². The number of nitrogens with two attached hydrogens (primary N) is 1. The Morgan fingerprint density at radius 1 is 0.919 bits per heavy atom. The van der Waals surface area contributed by atoms with Crippen LogP contribution in [0.15, 0.2) is 102 Å². The van der Waals surface area contributed by atoms with Crippen molar-refractivity contribution in [3.05, 3.63) is 119 Å². The van der Waals surface area contributed by atoms with E-state index in [1.807, 2.05) is 54.6 Å². The van der Waals surface area contributed by atoms with E-state index in [-0.39, 0.29) is 18.0 Å². The molecule has 1 aromatic heterocycles. The Hall–Kier alpha value is -4.50. The van der Waals surface area contributed by atoms with Crippen LogP contribution < -0.4 is 11.1 Å². The molecule has 3 aromatic carbocycles. The molecule has 0 aliphatic rings. The highest BCUT2D eigenvalue weighted by atomic mass is 32.1. The molecular weight excluding hydrogens is 488 g/mol. The lowest BCUT2D eigenvalue weighted by atomic mass is 9.77. The summed E-state index contributed by atoms with van der Waals surface area (Å²) in [5, 5.41) is 9.66. The molecule has 0 bridgehead atoms. The minimum Gasteiger partial charge on any atom is -0.461 e. The molecular formula is C28H26N4O4S. The summed E-state index contributed by atoms with van der Waals surface area (Å²) in [6.07, 6.45) is 0. The van der Waals surface area contributed by atoms with Crippen LogP contribution in [0.5, 0.6) is 0 Å². The van der Waals surface area contributed by atoms with Gasteiger partial charge in [0.1, 0.15) is 11.2 Å². The number of rotatable bonds is 11. The molecule has 0 aliphatic heterocycles. The Morgan fingerprint density at radius 2 is 1.43 bits per heavy atom. The standard InChI is InChI=1S/C28H26N4O4S/c1-2-35-26(34)25(32-36-18-24(29)33)23-19-37-27(30-23)31-28(20-12-6-3-7-13-20,21-14-8-4-9-15-21)22-16-10-5-11-17-22/h3-17,19H,2,18H2,1H3,(H2,29,33)(H,30,31). The second-order valence-corrected chi connectivity index (χ2v) is 8.77. The van der Waals surface area contributed by atoms with Gasteiger partial charge in [0.25, 0.3) is 5.91 Å². The van der Waals surface area contributed by atoms with Gasteiger partial charge in [-0.3, -0.25) is 4.79 Å². The SMILES string of the molecule is CCOC(=O)C(=NOCC(N)=O)c1csc(NC(c2ccccc2)(c2ccccc2)c2ccccc2)n1. The summed E-state index contributed by atoms with van der Waals surface area (Å²) in [7, 11) is 0. The molecule has 0 radical (unpaired) electrons. The number of esters is 1. The van der Waals surface area contributed by atoms with Crippen molar-refractivity contribution in [2.24, 2.45) is 10.9 Å². The van der Waals surface area contributed by atoms with Crippen LogP contribution in [0.4, 0.5) is 5.13 Å². The van der Waals surface area contributed by atoms with Gasteiger partial charge in [-0.1, -0.05) is 96.2 Å². The average molecular weight is 515 g/mol. The number of hydrogen-bond donors (Lipinski definition) is 2. The number of thiazole rings is 1. The van der Waals surface area contributed by atoms with Crippen LogP contribution in [-0.2, 0) is 24.7 Å². The van der Waals surface area contributed by atoms with Crippen LogP contribution in [0.1, 0.15) is 29.3 Å². The molecule has 4 aromatic rings. The first-order chi connectivity index (χ1) is 18.0. The van der Waals surface area contributed by atoms with Crippen molar-refractivity contribution in [2.75, 3.05) is 18.5 Å². The molecule has 9 heteroatoms. The summed E-state index contributed by atoms with van der Waals surface area (Å²) in [5.41, 5.74) is 7.45. The third-order valence-electron chi connectivity index (χ3n) is 5.49. The van der Waals surface area contributed by atoms with Crippen molar-refractivity contribution in [3.8, 4) is 0 Å². The molecule has 1 heterocycles. The third-order valence-corrected chi connectivity index (χ3v) is 6.25. The van der Waals surface area contributed by atoms with Gasteiger partial charge in [0.15, 0.2) is 11.7 Å². The molecule has 188 valence electrons. The van der Waals surface area contributed by atoms with Gasteiger partial charge in [0.2, 0.25) is 5.71 Å². The number of carbonyl (C=O) groups is 2. The lowest BCUT2D eigenvalue weighted by Crippen LogP contribution is -2.38. The molecule has 0 fully saturated rings. The van der Waals surface area contributed by atoms with E-state index in [0.29, 0.717) is 5.13 Å². The lowest BCUT2D eigenvalue weighted by molar-refractivity contribution is -0.135. The molecule has 0 saturated carbocycles. The van der Waals surface area contributed by atoms with Gasteiger partial charge >= 0.3 is 5.97 Å². The van der Waals surface area contributed by atoms with Crippen molar-refractivity contribution in [1.82, 2.24) is 4.98 Å². The number of nitrogens with zero attached hydrogens (tertiary/aromatic N) is 2. The van der Waals surface area contributed by atoms with Crippen LogP contribution in [0, 0.1) is 0 Å². The summed E-state index contributed by atoms with van der Waals surface area (Å²) in [4.78, 5) is 33.2. The summed E-state index contributed by atoms with van der Waals surface area (Å²) >= 11 is 1.31. The average Bonchev–Trinajstić information content (AvgIpc) is 3.39. The van der Waals surface area contributed by atoms with E-state index < -0.39 is 24.0 Å². The highest BCUT2D eigenvalue weighted by Gasteiger charge is 2.37. The monoisotopic (exact) mass is 514 g/mol. The summed E-state index contributed by atoms with van der Waals surface area (Å²) in [6, 6.07) is 30.2. The third kappa shape index (κ3) is 5.84. The van der Waals surface area contributed by atoms with E-state index in [1.54, 1.807) is 12.3 Å². The van der Waals surface area contributed by atoms with E-state index in [4.69, 9.17) is 15.3 Å². The number of ether oxygens (including phenoxy) is 1. The predicted molar refractivity (Wildman–Crippen MR) is 143 cm³/mol. The van der Waals surface area contributed by atoms with Crippen LogP contribution in [0.2, 0.25) is 0 Å². The largest absolute Gasteiger partial charge is 0.461 e. The molecule has 4 rings (SSSR count). The zero-order chi connectivity index (χ0) is 26.1. The number of primary amides is 1. The van der Waals surface area contributed by atoms with Gasteiger partial charge in [0, 0.05) is 5.38 Å². The molecule has 3 N–H and O–H groups in total. The summed E-state index contributed by atoms with van der Waals surface area (Å²) < 4.78 is 5.11. The zero-order valence-corrected chi connectivity index (χ0v) is 21.0. The van der Waals surface area contributed by atoms with Crippen LogP contribution in [0.3, 0.4) is 0 Å². The van der Waals surface area contributed by atoms with E-state index in [2.05, 4.69) is 51.9 Å². The van der Waals surface area contributed by atoms with Gasteiger partial charge in [-0.2, -0.15) is 0 Å². The number of oxime groups is 1. The number of anilines is 1. The van der Waals surface area contributed by atoms with Crippen molar-refractivity contribution >= 4 is 34.1 Å². The number of carbonyl (C=O) groups excluding carboxylic acids is 2. The predicted octanol–water partition coefficient (Wildman–Crippen LogP) is 4.32. The van der Waals surface area contributed by atoms with Gasteiger partial charge < -0.3 is 20.6 Å². The Labute approximate surface area is 218 Å². The second-order valence-electron chi connectivity index (χ2n) is 7.91. The quantitative estimate of drug-likeness (QED) is 0.133. The van der Waals surface area contributed by atoms with Crippen molar-refractivity contribution < 1.29 is 19.2 Å². The minimum absolute atomic E-state index is 0.141. The molecule has 8 nitrogen and oxygen atoms in total. The first kappa shape index (κ1) is 25.6. The molecule has 0 unspecified atom stereocenters. The Balaban J connectivity index is 1.81. The number of nitrogens with one attached hydrogen (secondary N) is 1. The molecule has 0 atom stereocenters. The van der Waals surface area contributed by atoms with Gasteiger partial charge in [-0.05, 0) is 23.6 Å². The maximum absolute atomic E-state index is 12.6. The van der Waals surface area contributed by atoms with Crippen molar-refractivity contribution in [2.45, 2.75) is 12.5 Å². The summed E-state index contributed by atoms with van der Waals surface area (Å²) in [5.74, 6) is -1.43. The Morgan fingerprint density at radius 3 is 1.89 bits per heavy atom. The van der Waals surface area contributed by atoms with E-state index in [1.165, 1.54) is 11.3 Å². The van der Waals surface area contributed by atoms with Crippen molar-refractivity contribution in [1.29, 1.82) is 0 Å². The molecule has 0 aliphatic carbocycles. The molecule has 0 saturated heterocycles. The first-order valence-electron chi connectivity index (χ1n) is 11.6. The van der Waals surface area contributed by atoms with Crippen molar-refractivity contribution in [3.63, 3.8) is 0 Å². The van der Waals surface area contributed by atoms with Crippen LogP contribution in [0.25, 0.3) is 0 Å². The number of benzene rings is 3. The maximum Gasteiger partial charge on any atom is 0.362 e. The Kier molecular flexibility index (Phi) is 8.27. The van der Waals surface area contributed by atoms with E-state index in [0.717, 1.165) is 16.7 Å². The Bertz CT molecular complexity index is 1260. The highest BCUT2D eigenvalue weighted by molar-refractivity contribution is 7.14. The second kappa shape index (κ2) is 12.0. The molecule has 1 amide bonds. The number of hydrogen-bond acceptors (Lipinski definition) is 8. The smallest absolute Gasteiger partial charge is 0.362 e. The normalized spacial score (nSPS) is 11.5.